The largest absolute Gasteiger partial charge is 0.505 e. The predicted octanol–water partition coefficient (Wildman–Crippen LogP) is 1.52. The molecule has 0 saturated heterocycles. The van der Waals surface area contributed by atoms with Crippen molar-refractivity contribution in [3.05, 3.63) is 59.7 Å². The number of carbonyl (C=O) groups is 5. The summed E-state index contributed by atoms with van der Waals surface area (Å²) in [5, 5.41) is 41.5. The van der Waals surface area contributed by atoms with Crippen LogP contribution in [-0.2, 0) is 20.8 Å². The number of phenolic OH excluding ortho intramolecular Hbond substituents is 1. The Labute approximate surface area is 270 Å². The number of aromatic hydroxyl groups is 1. The van der Waals surface area contributed by atoms with E-state index in [1.807, 2.05) is 30.3 Å². The van der Waals surface area contributed by atoms with E-state index in [2.05, 4.69) is 10.6 Å². The number of aliphatic hydroxyl groups is 2. The number of Topliss-reactive ketones (excluding diaryl/α,β-unsaturated/α-hetero) is 3. The van der Waals surface area contributed by atoms with Gasteiger partial charge in [0, 0.05) is 37.1 Å². The highest BCUT2D eigenvalue weighted by molar-refractivity contribution is 6.26. The fraction of sp³-hybridized carbons (Fsp3) is 0.382. The van der Waals surface area contributed by atoms with E-state index >= 15 is 0 Å². The van der Waals surface area contributed by atoms with Crippen LogP contribution in [0.2, 0.25) is 0 Å². The Hall–Kier alpha value is -4.85. The molecule has 2 fully saturated rings. The van der Waals surface area contributed by atoms with Crippen LogP contribution in [0.3, 0.4) is 0 Å². The van der Waals surface area contributed by atoms with Gasteiger partial charge in [0.1, 0.15) is 11.7 Å². The Bertz CT molecular complexity index is 1850. The number of amides is 3. The monoisotopic (exact) mass is 643 g/mol. The van der Waals surface area contributed by atoms with Crippen molar-refractivity contribution in [3.8, 4) is 5.75 Å². The Morgan fingerprint density at radius 2 is 1.62 bits per heavy atom. The Morgan fingerprint density at radius 1 is 0.957 bits per heavy atom. The maximum Gasteiger partial charge on any atom is 0.323 e. The minimum absolute atomic E-state index is 0.00369. The molecular formula is C34H37N5O8. The van der Waals surface area contributed by atoms with Crippen molar-refractivity contribution in [1.82, 2.24) is 4.90 Å². The van der Waals surface area contributed by atoms with Gasteiger partial charge in [0.25, 0.3) is 0 Å². The fourth-order valence-corrected chi connectivity index (χ4v) is 7.97. The van der Waals surface area contributed by atoms with Gasteiger partial charge in [-0.1, -0.05) is 36.4 Å². The van der Waals surface area contributed by atoms with Crippen molar-refractivity contribution in [2.24, 2.45) is 29.4 Å². The SMILES string of the molecule is CN(C)c1cc(NC(=O)Nc2cccc3ccccc23)c(O)c2c1C[C@@H]1C[C@@H]3[C@@H](N(C)C)C(O)C(C(N)=O)C(=O)[C@]3(O)C(=O)C1C2=O. The molecule has 3 aromatic carbocycles. The molecule has 2 saturated carbocycles. The molecule has 3 aliphatic carbocycles. The minimum atomic E-state index is -2.77. The normalized spacial score (nSPS) is 28.4. The molecule has 0 heterocycles. The van der Waals surface area contributed by atoms with Crippen LogP contribution in [0, 0.1) is 23.7 Å². The molecule has 3 amide bonds. The molecule has 3 aromatic rings. The van der Waals surface area contributed by atoms with Crippen molar-refractivity contribution >= 4 is 57.1 Å². The standard InChI is InChI=1S/C34H37N5O8/c1-38(2)22-14-21(37-33(46)36-20-11-7-9-15-8-5-6-10-17(15)20)27(40)24-18(22)12-16-13-19-26(39(3)4)29(42)25(32(35)45)31(44)34(19,47)30(43)23(16)28(24)41/h5-11,14,16,19,23,25-26,29,40,42,47H,12-13H2,1-4H3,(H2,35,45)(H2,36,37,46)/t16-,19-,23?,25?,26-,29?,34-/m1/s1. The molecule has 3 unspecified atom stereocenters. The second-order valence-corrected chi connectivity index (χ2v) is 13.1. The van der Waals surface area contributed by atoms with E-state index in [-0.39, 0.29) is 24.1 Å². The third-order valence-electron chi connectivity index (χ3n) is 10.0. The lowest BCUT2D eigenvalue weighted by atomic mass is 9.52. The van der Waals surface area contributed by atoms with Crippen LogP contribution in [0.5, 0.6) is 5.75 Å². The zero-order chi connectivity index (χ0) is 34.1. The summed E-state index contributed by atoms with van der Waals surface area (Å²) >= 11 is 0. The van der Waals surface area contributed by atoms with Crippen molar-refractivity contribution < 1.29 is 39.3 Å². The summed E-state index contributed by atoms with van der Waals surface area (Å²) in [6.07, 6.45) is -1.46. The summed E-state index contributed by atoms with van der Waals surface area (Å²) in [6, 6.07) is 12.7. The summed E-state index contributed by atoms with van der Waals surface area (Å²) in [6.45, 7) is 0. The molecule has 0 bridgehead atoms. The number of carbonyl (C=O) groups excluding carboxylic acids is 5. The fourth-order valence-electron chi connectivity index (χ4n) is 7.97. The van der Waals surface area contributed by atoms with Crippen molar-refractivity contribution in [1.29, 1.82) is 0 Å². The number of urea groups is 1. The first kappa shape index (κ1) is 32.1. The van der Waals surface area contributed by atoms with Gasteiger partial charge in [0.2, 0.25) is 5.91 Å². The molecule has 0 aliphatic heterocycles. The predicted molar refractivity (Wildman–Crippen MR) is 173 cm³/mol. The van der Waals surface area contributed by atoms with Crippen molar-refractivity contribution in [2.75, 3.05) is 43.7 Å². The van der Waals surface area contributed by atoms with E-state index in [0.717, 1.165) is 10.8 Å². The first-order valence-electron chi connectivity index (χ1n) is 15.3. The molecule has 47 heavy (non-hydrogen) atoms. The number of anilines is 3. The molecule has 7 N–H and O–H groups in total. The quantitative estimate of drug-likeness (QED) is 0.175. The number of aliphatic hydroxyl groups excluding tert-OH is 1. The van der Waals surface area contributed by atoms with E-state index in [1.165, 1.54) is 4.90 Å². The Morgan fingerprint density at radius 3 is 2.28 bits per heavy atom. The van der Waals surface area contributed by atoms with Crippen LogP contribution in [0.25, 0.3) is 10.8 Å². The van der Waals surface area contributed by atoms with Gasteiger partial charge in [-0.2, -0.15) is 0 Å². The number of rotatable bonds is 5. The number of fused-ring (bicyclic) bond motifs is 4. The lowest BCUT2D eigenvalue weighted by Gasteiger charge is -2.55. The van der Waals surface area contributed by atoms with Crippen LogP contribution in [0.4, 0.5) is 21.9 Å². The molecule has 0 aromatic heterocycles. The van der Waals surface area contributed by atoms with E-state index < -0.39 is 76.5 Å². The van der Waals surface area contributed by atoms with Crippen LogP contribution in [-0.4, -0.2) is 95.4 Å². The number of primary amides is 1. The summed E-state index contributed by atoms with van der Waals surface area (Å²) in [5.41, 5.74) is 3.87. The second kappa shape index (κ2) is 11.4. The minimum Gasteiger partial charge on any atom is -0.505 e. The molecule has 13 nitrogen and oxygen atoms in total. The lowest BCUT2D eigenvalue weighted by molar-refractivity contribution is -0.190. The number of hydrogen-bond acceptors (Lipinski definition) is 10. The average molecular weight is 644 g/mol. The molecule has 246 valence electrons. The highest BCUT2D eigenvalue weighted by atomic mass is 16.3. The smallest absolute Gasteiger partial charge is 0.323 e. The number of nitrogens with one attached hydrogen (secondary N) is 2. The van der Waals surface area contributed by atoms with E-state index in [4.69, 9.17) is 5.73 Å². The van der Waals surface area contributed by atoms with Gasteiger partial charge < -0.3 is 41.5 Å². The van der Waals surface area contributed by atoms with Crippen LogP contribution >= 0.6 is 0 Å². The van der Waals surface area contributed by atoms with Crippen molar-refractivity contribution in [2.45, 2.75) is 30.6 Å². The number of nitrogens with zero attached hydrogens (tertiary/aromatic N) is 2. The maximum atomic E-state index is 14.2. The van der Waals surface area contributed by atoms with Gasteiger partial charge in [0.05, 0.1) is 29.0 Å². The van der Waals surface area contributed by atoms with Gasteiger partial charge in [-0.05, 0) is 55.9 Å². The number of benzene rings is 3. The topological polar surface area (TPSA) is 203 Å². The second-order valence-electron chi connectivity index (χ2n) is 13.1. The Balaban J connectivity index is 1.39. The number of hydrogen-bond donors (Lipinski definition) is 6. The van der Waals surface area contributed by atoms with E-state index in [9.17, 15) is 39.3 Å². The number of likely N-dealkylation sites (N-methyl/N-ethyl adjacent to an activating group) is 1. The van der Waals surface area contributed by atoms with Crippen LogP contribution in [0.15, 0.2) is 48.5 Å². The van der Waals surface area contributed by atoms with Crippen molar-refractivity contribution in [3.63, 3.8) is 0 Å². The molecular weight excluding hydrogens is 606 g/mol. The van der Waals surface area contributed by atoms with Gasteiger partial charge in [-0.3, -0.25) is 19.2 Å². The molecule has 0 spiro atoms. The molecule has 3 aliphatic rings. The first-order chi connectivity index (χ1) is 22.2. The average Bonchev–Trinajstić information content (AvgIpc) is 3.00. The lowest BCUT2D eigenvalue weighted by Crippen LogP contribution is -2.75. The highest BCUT2D eigenvalue weighted by Gasteiger charge is 2.69. The van der Waals surface area contributed by atoms with Gasteiger partial charge in [-0.25, -0.2) is 4.79 Å². The Kier molecular flexibility index (Phi) is 7.81. The zero-order valence-corrected chi connectivity index (χ0v) is 26.4. The molecule has 13 heteroatoms. The first-order valence-corrected chi connectivity index (χ1v) is 15.3. The van der Waals surface area contributed by atoms with Gasteiger partial charge in [0.15, 0.2) is 23.0 Å². The molecule has 0 radical (unpaired) electrons. The highest BCUT2D eigenvalue weighted by Crippen LogP contribution is 2.53. The van der Waals surface area contributed by atoms with Crippen LogP contribution < -0.4 is 21.3 Å². The third-order valence-corrected chi connectivity index (χ3v) is 10.0. The van der Waals surface area contributed by atoms with E-state index in [0.29, 0.717) is 16.9 Å². The van der Waals surface area contributed by atoms with E-state index in [1.54, 1.807) is 51.3 Å². The molecule has 6 rings (SSSR count). The zero-order valence-electron chi connectivity index (χ0n) is 26.4. The summed E-state index contributed by atoms with van der Waals surface area (Å²) in [7, 11) is 6.65. The van der Waals surface area contributed by atoms with Gasteiger partial charge in [-0.15, -0.1) is 0 Å². The number of phenols is 1. The summed E-state index contributed by atoms with van der Waals surface area (Å²) in [5.74, 6) is -10.1. The van der Waals surface area contributed by atoms with Gasteiger partial charge >= 0.3 is 6.03 Å². The summed E-state index contributed by atoms with van der Waals surface area (Å²) in [4.78, 5) is 70.8. The summed E-state index contributed by atoms with van der Waals surface area (Å²) < 4.78 is 0. The number of ketones is 3. The number of nitrogens with two attached hydrogens (primary N) is 1. The maximum absolute atomic E-state index is 14.2. The van der Waals surface area contributed by atoms with Crippen LogP contribution in [0.1, 0.15) is 22.3 Å². The molecule has 7 atom stereocenters. The third kappa shape index (κ3) is 4.84.